The topological polar surface area (TPSA) is 23.8 Å². The molecule has 0 aromatic heterocycles. The van der Waals surface area contributed by atoms with Crippen molar-refractivity contribution in [2.75, 3.05) is 0 Å². The van der Waals surface area contributed by atoms with Crippen molar-refractivity contribution in [3.8, 4) is 6.07 Å². The fourth-order valence-electron chi connectivity index (χ4n) is 4.79. The van der Waals surface area contributed by atoms with Gasteiger partial charge in [0.2, 0.25) is 0 Å². The van der Waals surface area contributed by atoms with Crippen LogP contribution in [0.3, 0.4) is 0 Å². The minimum atomic E-state index is -0.133. The molecule has 2 saturated carbocycles. The van der Waals surface area contributed by atoms with E-state index in [-0.39, 0.29) is 5.82 Å². The third kappa shape index (κ3) is 5.05. The first-order valence-corrected chi connectivity index (χ1v) is 9.74. The van der Waals surface area contributed by atoms with Crippen molar-refractivity contribution in [3.05, 3.63) is 60.0 Å². The molecule has 2 heteroatoms. The number of nitrogens with zero attached hydrogens (tertiary/aromatic N) is 1. The Morgan fingerprint density at radius 1 is 0.840 bits per heavy atom. The van der Waals surface area contributed by atoms with Gasteiger partial charge in [-0.05, 0) is 92.7 Å². The van der Waals surface area contributed by atoms with Gasteiger partial charge in [-0.2, -0.15) is 5.26 Å². The van der Waals surface area contributed by atoms with Gasteiger partial charge in [-0.15, -0.1) is 0 Å². The fraction of sp³-hybridized carbons (Fsp3) is 0.522. The van der Waals surface area contributed by atoms with Crippen LogP contribution in [0.1, 0.15) is 62.8 Å². The maximum absolute atomic E-state index is 13.1. The van der Waals surface area contributed by atoms with Crippen molar-refractivity contribution in [2.45, 2.75) is 57.3 Å². The van der Waals surface area contributed by atoms with Crippen molar-refractivity contribution >= 4 is 0 Å². The third-order valence-corrected chi connectivity index (χ3v) is 6.26. The van der Waals surface area contributed by atoms with E-state index in [4.69, 9.17) is 5.26 Å². The first-order chi connectivity index (χ1) is 12.3. The third-order valence-electron chi connectivity index (χ3n) is 6.26. The van der Waals surface area contributed by atoms with Crippen LogP contribution in [0.15, 0.2) is 48.6 Å². The molecule has 0 heterocycles. The van der Waals surface area contributed by atoms with Crippen LogP contribution in [-0.4, -0.2) is 0 Å². The molecule has 25 heavy (non-hydrogen) atoms. The second-order valence-corrected chi connectivity index (χ2v) is 7.71. The van der Waals surface area contributed by atoms with Gasteiger partial charge >= 0.3 is 0 Å². The van der Waals surface area contributed by atoms with Gasteiger partial charge in [0, 0.05) is 6.08 Å². The Morgan fingerprint density at radius 2 is 1.44 bits per heavy atom. The van der Waals surface area contributed by atoms with E-state index in [0.29, 0.717) is 11.8 Å². The summed E-state index contributed by atoms with van der Waals surface area (Å²) in [6.45, 7) is 0. The standard InChI is InChI=1S/C23H28FN/c24-23-15-13-22(14-16-23)21-11-9-20(10-12-21)19-7-5-18(6-8-19)4-2-1-3-17-25/h1-4,13-16,18-21H,5-12H2. The monoisotopic (exact) mass is 337 g/mol. The first kappa shape index (κ1) is 17.9. The molecule has 2 fully saturated rings. The number of halogens is 1. The highest BCUT2D eigenvalue weighted by molar-refractivity contribution is 5.21. The molecule has 0 amide bonds. The second-order valence-electron chi connectivity index (χ2n) is 7.71. The molecule has 132 valence electrons. The zero-order valence-corrected chi connectivity index (χ0v) is 14.9. The van der Waals surface area contributed by atoms with Gasteiger partial charge in [-0.1, -0.05) is 30.4 Å². The van der Waals surface area contributed by atoms with Crippen molar-refractivity contribution in [1.82, 2.24) is 0 Å². The summed E-state index contributed by atoms with van der Waals surface area (Å²) >= 11 is 0. The van der Waals surface area contributed by atoms with E-state index >= 15 is 0 Å². The molecule has 1 nitrogen and oxygen atoms in total. The van der Waals surface area contributed by atoms with E-state index in [0.717, 1.165) is 11.8 Å². The zero-order chi connectivity index (χ0) is 17.5. The van der Waals surface area contributed by atoms with E-state index in [1.165, 1.54) is 63.0 Å². The number of rotatable bonds is 4. The minimum absolute atomic E-state index is 0.133. The highest BCUT2D eigenvalue weighted by Gasteiger charge is 2.30. The van der Waals surface area contributed by atoms with E-state index < -0.39 is 0 Å². The quantitative estimate of drug-likeness (QED) is 0.452. The van der Waals surface area contributed by atoms with Gasteiger partial charge in [-0.3, -0.25) is 0 Å². The highest BCUT2D eigenvalue weighted by Crippen LogP contribution is 2.44. The molecule has 0 bridgehead atoms. The summed E-state index contributed by atoms with van der Waals surface area (Å²) in [5, 5.41) is 8.50. The predicted molar refractivity (Wildman–Crippen MR) is 100 cm³/mol. The molecule has 2 aliphatic rings. The van der Waals surface area contributed by atoms with Gasteiger partial charge in [0.25, 0.3) is 0 Å². The largest absolute Gasteiger partial charge is 0.207 e. The van der Waals surface area contributed by atoms with Gasteiger partial charge < -0.3 is 0 Å². The van der Waals surface area contributed by atoms with E-state index in [1.54, 1.807) is 12.1 Å². The lowest BCUT2D eigenvalue weighted by Crippen LogP contribution is -2.25. The molecule has 0 saturated heterocycles. The molecule has 1 aromatic rings. The van der Waals surface area contributed by atoms with E-state index in [1.807, 2.05) is 30.4 Å². The summed E-state index contributed by atoms with van der Waals surface area (Å²) in [6.07, 6.45) is 18.1. The number of hydrogen-bond donors (Lipinski definition) is 0. The molecule has 0 radical (unpaired) electrons. The van der Waals surface area contributed by atoms with Crippen LogP contribution in [0.25, 0.3) is 0 Å². The predicted octanol–water partition coefficient (Wildman–Crippen LogP) is 6.54. The summed E-state index contributed by atoms with van der Waals surface area (Å²) in [5.41, 5.74) is 1.32. The van der Waals surface area contributed by atoms with Crippen molar-refractivity contribution in [2.24, 2.45) is 17.8 Å². The molecular formula is C23H28FN. The smallest absolute Gasteiger partial charge is 0.123 e. The molecule has 1 aromatic carbocycles. The second kappa shape index (κ2) is 8.99. The average Bonchev–Trinajstić information content (AvgIpc) is 2.67. The van der Waals surface area contributed by atoms with E-state index in [9.17, 15) is 4.39 Å². The Morgan fingerprint density at radius 3 is 2.04 bits per heavy atom. The van der Waals surface area contributed by atoms with Crippen LogP contribution >= 0.6 is 0 Å². The number of nitriles is 1. The molecule has 2 aliphatic carbocycles. The average molecular weight is 337 g/mol. The zero-order valence-electron chi connectivity index (χ0n) is 14.9. The fourth-order valence-corrected chi connectivity index (χ4v) is 4.79. The SMILES string of the molecule is N#CC=CC=CC1CCC(C2CCC(c3ccc(F)cc3)CC2)CC1. The summed E-state index contributed by atoms with van der Waals surface area (Å²) in [5.74, 6) is 2.97. The highest BCUT2D eigenvalue weighted by atomic mass is 19.1. The van der Waals surface area contributed by atoms with Crippen LogP contribution < -0.4 is 0 Å². The van der Waals surface area contributed by atoms with Crippen LogP contribution in [-0.2, 0) is 0 Å². The van der Waals surface area contributed by atoms with Gasteiger partial charge in [0.1, 0.15) is 5.82 Å². The molecule has 0 atom stereocenters. The Labute approximate surface area is 151 Å². The summed E-state index contributed by atoms with van der Waals surface area (Å²) in [7, 11) is 0. The number of benzene rings is 1. The Kier molecular flexibility index (Phi) is 6.45. The Bertz CT molecular complexity index is 621. The Hall–Kier alpha value is -1.88. The van der Waals surface area contributed by atoms with E-state index in [2.05, 4.69) is 6.08 Å². The molecule has 3 rings (SSSR count). The van der Waals surface area contributed by atoms with Crippen LogP contribution in [0.2, 0.25) is 0 Å². The molecule has 0 N–H and O–H groups in total. The molecule has 0 unspecified atom stereocenters. The number of hydrogen-bond acceptors (Lipinski definition) is 1. The lowest BCUT2D eigenvalue weighted by molar-refractivity contribution is 0.171. The number of allylic oxidation sites excluding steroid dienone is 4. The first-order valence-electron chi connectivity index (χ1n) is 9.74. The molecular weight excluding hydrogens is 309 g/mol. The van der Waals surface area contributed by atoms with Crippen LogP contribution in [0, 0.1) is 34.9 Å². The Balaban J connectivity index is 1.43. The van der Waals surface area contributed by atoms with Crippen LogP contribution in [0.4, 0.5) is 4.39 Å². The lowest BCUT2D eigenvalue weighted by atomic mass is 9.68. The summed E-state index contributed by atoms with van der Waals surface area (Å²) in [4.78, 5) is 0. The lowest BCUT2D eigenvalue weighted by Gasteiger charge is -2.37. The van der Waals surface area contributed by atoms with Crippen LogP contribution in [0.5, 0.6) is 0 Å². The summed E-state index contributed by atoms with van der Waals surface area (Å²) in [6, 6.07) is 9.16. The summed E-state index contributed by atoms with van der Waals surface area (Å²) < 4.78 is 13.1. The van der Waals surface area contributed by atoms with Crippen molar-refractivity contribution in [3.63, 3.8) is 0 Å². The minimum Gasteiger partial charge on any atom is -0.207 e. The van der Waals surface area contributed by atoms with Crippen molar-refractivity contribution in [1.29, 1.82) is 5.26 Å². The molecule has 0 spiro atoms. The van der Waals surface area contributed by atoms with Crippen molar-refractivity contribution < 1.29 is 4.39 Å². The van der Waals surface area contributed by atoms with Gasteiger partial charge in [-0.25, -0.2) is 4.39 Å². The van der Waals surface area contributed by atoms with Gasteiger partial charge in [0.15, 0.2) is 0 Å². The maximum atomic E-state index is 13.1. The normalized spacial score (nSPS) is 30.6. The molecule has 0 aliphatic heterocycles. The maximum Gasteiger partial charge on any atom is 0.123 e. The van der Waals surface area contributed by atoms with Gasteiger partial charge in [0.05, 0.1) is 6.07 Å².